The van der Waals surface area contributed by atoms with Gasteiger partial charge < -0.3 is 25.7 Å². The Kier molecular flexibility index (Phi) is 27.7. The maximum absolute atomic E-state index is 14.3. The van der Waals surface area contributed by atoms with Gasteiger partial charge in [0.1, 0.15) is 0 Å². The van der Waals surface area contributed by atoms with Crippen molar-refractivity contribution in [1.82, 2.24) is 10.2 Å². The van der Waals surface area contributed by atoms with E-state index in [4.69, 9.17) is 20.4 Å². The van der Waals surface area contributed by atoms with Crippen molar-refractivity contribution in [1.29, 1.82) is 0 Å². The number of hydrogen-bond donors (Lipinski definition) is 5. The van der Waals surface area contributed by atoms with Crippen molar-refractivity contribution in [3.8, 4) is 23.7 Å². The van der Waals surface area contributed by atoms with Gasteiger partial charge in [-0.2, -0.15) is 0 Å². The number of carboxylic acid groups (broad SMARTS) is 4. The lowest BCUT2D eigenvalue weighted by molar-refractivity contribution is -0.164. The average molecular weight is 867 g/mol. The van der Waals surface area contributed by atoms with E-state index in [1.54, 1.807) is 12.1 Å². The van der Waals surface area contributed by atoms with Crippen LogP contribution in [0.15, 0.2) is 36.4 Å². The largest absolute Gasteiger partial charge is 0.480 e. The molecule has 0 aliphatic carbocycles. The Labute approximate surface area is 369 Å². The summed E-state index contributed by atoms with van der Waals surface area (Å²) in [6.45, 7) is 11.0. The number of carboxylic acids is 4. The second-order valence-corrected chi connectivity index (χ2v) is 16.4. The second kappa shape index (κ2) is 31.1. The van der Waals surface area contributed by atoms with Crippen LogP contribution in [0.1, 0.15) is 160 Å². The molecule has 344 valence electrons. The molecule has 0 radical (unpaired) electrons. The molecule has 12 heteroatoms. The summed E-state index contributed by atoms with van der Waals surface area (Å²) in [5, 5.41) is 39.1. The van der Waals surface area contributed by atoms with Gasteiger partial charge in [-0.25, -0.2) is 8.78 Å². The van der Waals surface area contributed by atoms with Crippen LogP contribution in [-0.4, -0.2) is 68.8 Å². The molecule has 0 unspecified atom stereocenters. The summed E-state index contributed by atoms with van der Waals surface area (Å²) in [5.74, 6) is 3.47. The van der Waals surface area contributed by atoms with Crippen LogP contribution >= 0.6 is 0 Å². The summed E-state index contributed by atoms with van der Waals surface area (Å²) in [6.07, 6.45) is 18.1. The fraction of sp³-hybridized carbons (Fsp3) is 0.600. The SMILES string of the molecule is CCCCCCCCCc1ccc(CN(CC)CC#CCC(C)(C(=O)O)C(=O)O)cc1.CCCCCCCCCc1ccc(CNCC#CCC(C)(C(=O)O)C(=O)O)c(F)c1F. The molecule has 62 heavy (non-hydrogen) atoms. The smallest absolute Gasteiger partial charge is 0.321 e. The van der Waals surface area contributed by atoms with Gasteiger partial charge in [-0.05, 0) is 62.8 Å². The van der Waals surface area contributed by atoms with Crippen LogP contribution in [0.5, 0.6) is 0 Å². The minimum Gasteiger partial charge on any atom is -0.480 e. The monoisotopic (exact) mass is 867 g/mol. The number of aryl methyl sites for hydroxylation is 2. The lowest BCUT2D eigenvalue weighted by Gasteiger charge is -2.18. The van der Waals surface area contributed by atoms with Gasteiger partial charge in [0.05, 0.1) is 13.1 Å². The number of rotatable bonds is 29. The topological polar surface area (TPSA) is 164 Å². The van der Waals surface area contributed by atoms with E-state index in [9.17, 15) is 28.0 Å². The van der Waals surface area contributed by atoms with Crippen LogP contribution in [0.4, 0.5) is 8.78 Å². The van der Waals surface area contributed by atoms with E-state index in [2.05, 4.69) is 78.9 Å². The summed E-state index contributed by atoms with van der Waals surface area (Å²) in [4.78, 5) is 46.7. The van der Waals surface area contributed by atoms with E-state index in [0.29, 0.717) is 18.5 Å². The summed E-state index contributed by atoms with van der Waals surface area (Å²) >= 11 is 0. The van der Waals surface area contributed by atoms with E-state index >= 15 is 0 Å². The number of nitrogens with one attached hydrogen (secondary N) is 1. The molecule has 5 N–H and O–H groups in total. The molecule has 0 atom stereocenters. The molecular weight excluding hydrogens is 795 g/mol. The van der Waals surface area contributed by atoms with E-state index in [1.807, 2.05) is 0 Å². The predicted molar refractivity (Wildman–Crippen MR) is 240 cm³/mol. The van der Waals surface area contributed by atoms with Gasteiger partial charge in [-0.3, -0.25) is 24.1 Å². The average Bonchev–Trinajstić information content (AvgIpc) is 3.24. The Morgan fingerprint density at radius 3 is 1.47 bits per heavy atom. The Balaban J connectivity index is 0.000000620. The standard InChI is InChI=1S/C26H39NO4.C24H33F2NO4/c1-4-6-7-8-9-10-11-14-22-15-17-23(18-16-22)21-27(5-2)20-13-12-19-26(3,24(28)29)25(30)31;1-3-4-5-6-7-8-9-12-18-13-14-19(21(26)20(18)25)17-27-16-11-10-15-24(2,22(28)29)23(30)31/h15-18H,4-11,14,19-21H2,1-3H3,(H,28,29)(H,30,31);13-14,27H,3-9,12,15-17H2,1-2H3,(H,28,29)(H,30,31). The number of halogens is 2. The number of carbonyl (C=O) groups is 4. The highest BCUT2D eigenvalue weighted by Crippen LogP contribution is 2.23. The van der Waals surface area contributed by atoms with Crippen molar-refractivity contribution in [2.45, 2.75) is 163 Å². The van der Waals surface area contributed by atoms with Crippen molar-refractivity contribution in [2.24, 2.45) is 10.8 Å². The van der Waals surface area contributed by atoms with Crippen LogP contribution in [0.3, 0.4) is 0 Å². The van der Waals surface area contributed by atoms with Crippen LogP contribution in [0.25, 0.3) is 0 Å². The normalized spacial score (nSPS) is 11.2. The number of unbranched alkanes of at least 4 members (excludes halogenated alkanes) is 12. The van der Waals surface area contributed by atoms with Gasteiger partial charge in [0.2, 0.25) is 0 Å². The Bertz CT molecular complexity index is 1760. The molecule has 0 fully saturated rings. The number of nitrogens with zero attached hydrogens (tertiary/aromatic N) is 1. The van der Waals surface area contributed by atoms with E-state index in [-0.39, 0.29) is 31.5 Å². The Morgan fingerprint density at radius 1 is 0.565 bits per heavy atom. The van der Waals surface area contributed by atoms with Gasteiger partial charge in [0.15, 0.2) is 22.5 Å². The third-order valence-electron chi connectivity index (χ3n) is 11.1. The first-order valence-electron chi connectivity index (χ1n) is 22.4. The molecule has 0 saturated heterocycles. The summed E-state index contributed by atoms with van der Waals surface area (Å²) < 4.78 is 28.6. The third-order valence-corrected chi connectivity index (χ3v) is 11.1. The number of benzene rings is 2. The van der Waals surface area contributed by atoms with Crippen molar-refractivity contribution >= 4 is 23.9 Å². The molecule has 0 aliphatic rings. The lowest BCUT2D eigenvalue weighted by Crippen LogP contribution is -2.35. The molecule has 10 nitrogen and oxygen atoms in total. The second-order valence-electron chi connectivity index (χ2n) is 16.4. The molecule has 2 rings (SSSR count). The molecule has 0 heterocycles. The lowest BCUT2D eigenvalue weighted by atomic mass is 9.87. The molecule has 0 aromatic heterocycles. The highest BCUT2D eigenvalue weighted by molar-refractivity contribution is 5.98. The van der Waals surface area contributed by atoms with Crippen LogP contribution < -0.4 is 5.32 Å². The molecule has 2 aromatic carbocycles. The van der Waals surface area contributed by atoms with Crippen LogP contribution in [-0.2, 0) is 45.1 Å². The van der Waals surface area contributed by atoms with E-state index < -0.39 is 46.3 Å². The van der Waals surface area contributed by atoms with Gasteiger partial charge in [-0.1, -0.05) is 146 Å². The number of aliphatic carboxylic acids is 4. The zero-order valence-electron chi connectivity index (χ0n) is 37.9. The fourth-order valence-corrected chi connectivity index (χ4v) is 6.32. The zero-order chi connectivity index (χ0) is 46.4. The molecular formula is C50H72F2N2O8. The maximum atomic E-state index is 14.3. The quantitative estimate of drug-likeness (QED) is 0.0302. The number of hydrogen-bond acceptors (Lipinski definition) is 6. The molecule has 0 spiro atoms. The summed E-state index contributed by atoms with van der Waals surface area (Å²) in [7, 11) is 0. The first-order chi connectivity index (χ1) is 29.6. The van der Waals surface area contributed by atoms with E-state index in [0.717, 1.165) is 45.7 Å². The molecule has 0 saturated carbocycles. The van der Waals surface area contributed by atoms with Gasteiger partial charge in [0.25, 0.3) is 0 Å². The van der Waals surface area contributed by atoms with Crippen molar-refractivity contribution < 1.29 is 48.4 Å². The first kappa shape index (κ1) is 55.2. The maximum Gasteiger partial charge on any atom is 0.321 e. The molecule has 2 aromatic rings. The Morgan fingerprint density at radius 2 is 0.984 bits per heavy atom. The fourth-order valence-electron chi connectivity index (χ4n) is 6.32. The minimum absolute atomic E-state index is 0.0598. The predicted octanol–water partition coefficient (Wildman–Crippen LogP) is 10.3. The summed E-state index contributed by atoms with van der Waals surface area (Å²) in [5.41, 5.74) is -0.683. The van der Waals surface area contributed by atoms with Gasteiger partial charge >= 0.3 is 23.9 Å². The molecule has 0 amide bonds. The van der Waals surface area contributed by atoms with Gasteiger partial charge in [-0.15, -0.1) is 11.8 Å². The molecule has 0 bridgehead atoms. The van der Waals surface area contributed by atoms with E-state index in [1.165, 1.54) is 88.7 Å². The molecule has 0 aliphatic heterocycles. The van der Waals surface area contributed by atoms with Crippen LogP contribution in [0.2, 0.25) is 0 Å². The third kappa shape index (κ3) is 20.9. The Hall–Kier alpha value is -4.78. The minimum atomic E-state index is -1.98. The summed E-state index contributed by atoms with van der Waals surface area (Å²) in [6, 6.07) is 11.9. The first-order valence-corrected chi connectivity index (χ1v) is 22.4. The van der Waals surface area contributed by atoms with Crippen molar-refractivity contribution in [3.05, 3.63) is 70.3 Å². The highest BCUT2D eigenvalue weighted by Gasteiger charge is 2.41. The van der Waals surface area contributed by atoms with Crippen molar-refractivity contribution in [3.63, 3.8) is 0 Å². The van der Waals surface area contributed by atoms with Gasteiger partial charge in [0, 0.05) is 31.5 Å². The zero-order valence-corrected chi connectivity index (χ0v) is 37.9. The highest BCUT2D eigenvalue weighted by atomic mass is 19.2. The van der Waals surface area contributed by atoms with Crippen molar-refractivity contribution in [2.75, 3.05) is 19.6 Å². The van der Waals surface area contributed by atoms with Crippen LogP contribution in [0, 0.1) is 46.1 Å².